The SMILES string of the molecule is Cc1cccc(C(=O)Nc2nc(-c3ccccc3)c(-c3ccc(C)c(C)c3)s2)c1. The van der Waals surface area contributed by atoms with Crippen LogP contribution < -0.4 is 5.32 Å². The Labute approximate surface area is 175 Å². The van der Waals surface area contributed by atoms with Crippen molar-refractivity contribution >= 4 is 22.4 Å². The van der Waals surface area contributed by atoms with Crippen LogP contribution in [0.5, 0.6) is 0 Å². The molecule has 0 aliphatic rings. The van der Waals surface area contributed by atoms with Crippen molar-refractivity contribution < 1.29 is 4.79 Å². The van der Waals surface area contributed by atoms with Gasteiger partial charge in [-0.05, 0) is 49.6 Å². The molecule has 0 saturated carbocycles. The standard InChI is InChI=1S/C25H22N2OS/c1-16-8-7-11-21(14-16)24(28)27-25-26-22(19-9-5-4-6-10-19)23(29-25)20-13-12-17(2)18(3)15-20/h4-15H,1-3H3,(H,26,27,28). The molecule has 0 aliphatic heterocycles. The fraction of sp³-hybridized carbons (Fsp3) is 0.120. The van der Waals surface area contributed by atoms with Crippen LogP contribution >= 0.6 is 11.3 Å². The number of aromatic nitrogens is 1. The Morgan fingerprint density at radius 2 is 1.62 bits per heavy atom. The summed E-state index contributed by atoms with van der Waals surface area (Å²) in [6.45, 7) is 6.20. The molecule has 1 heterocycles. The van der Waals surface area contributed by atoms with E-state index in [1.807, 2.05) is 61.5 Å². The van der Waals surface area contributed by atoms with Crippen LogP contribution in [0.3, 0.4) is 0 Å². The van der Waals surface area contributed by atoms with E-state index < -0.39 is 0 Å². The number of hydrogen-bond acceptors (Lipinski definition) is 3. The quantitative estimate of drug-likeness (QED) is 0.418. The number of rotatable bonds is 4. The summed E-state index contributed by atoms with van der Waals surface area (Å²) in [4.78, 5) is 18.6. The molecule has 0 spiro atoms. The lowest BCUT2D eigenvalue weighted by molar-refractivity contribution is 0.102. The predicted molar refractivity (Wildman–Crippen MR) is 122 cm³/mol. The average molecular weight is 399 g/mol. The van der Waals surface area contributed by atoms with Gasteiger partial charge in [-0.1, -0.05) is 77.6 Å². The highest BCUT2D eigenvalue weighted by atomic mass is 32.1. The van der Waals surface area contributed by atoms with Gasteiger partial charge >= 0.3 is 0 Å². The van der Waals surface area contributed by atoms with Crippen molar-refractivity contribution in [3.63, 3.8) is 0 Å². The molecule has 0 fully saturated rings. The molecule has 1 aromatic heterocycles. The fourth-order valence-corrected chi connectivity index (χ4v) is 4.18. The zero-order valence-electron chi connectivity index (χ0n) is 16.7. The number of aryl methyl sites for hydroxylation is 3. The van der Waals surface area contributed by atoms with Crippen LogP contribution in [-0.2, 0) is 0 Å². The Balaban J connectivity index is 1.75. The van der Waals surface area contributed by atoms with Gasteiger partial charge in [0.1, 0.15) is 0 Å². The molecule has 0 aliphatic carbocycles. The molecule has 4 aromatic rings. The molecule has 4 rings (SSSR count). The van der Waals surface area contributed by atoms with E-state index in [0.29, 0.717) is 10.7 Å². The van der Waals surface area contributed by atoms with Crippen molar-refractivity contribution in [1.82, 2.24) is 4.98 Å². The van der Waals surface area contributed by atoms with E-state index in [1.165, 1.54) is 22.5 Å². The summed E-state index contributed by atoms with van der Waals surface area (Å²) >= 11 is 1.51. The zero-order valence-corrected chi connectivity index (χ0v) is 17.5. The summed E-state index contributed by atoms with van der Waals surface area (Å²) in [5.41, 5.74) is 7.21. The predicted octanol–water partition coefficient (Wildman–Crippen LogP) is 6.65. The van der Waals surface area contributed by atoms with E-state index in [0.717, 1.165) is 27.3 Å². The lowest BCUT2D eigenvalue weighted by atomic mass is 10.0. The number of carbonyl (C=O) groups is 1. The number of nitrogens with zero attached hydrogens (tertiary/aromatic N) is 1. The van der Waals surface area contributed by atoms with Crippen LogP contribution in [-0.4, -0.2) is 10.9 Å². The number of hydrogen-bond donors (Lipinski definition) is 1. The first-order valence-corrected chi connectivity index (χ1v) is 10.3. The summed E-state index contributed by atoms with van der Waals surface area (Å²) in [5.74, 6) is -0.145. The Kier molecular flexibility index (Phi) is 5.28. The number of anilines is 1. The van der Waals surface area contributed by atoms with E-state index in [1.54, 1.807) is 0 Å². The molecule has 144 valence electrons. The van der Waals surface area contributed by atoms with Gasteiger partial charge in [-0.15, -0.1) is 0 Å². The molecule has 0 radical (unpaired) electrons. The molecule has 3 nitrogen and oxygen atoms in total. The Morgan fingerprint density at radius 1 is 0.828 bits per heavy atom. The third-order valence-electron chi connectivity index (χ3n) is 4.94. The Morgan fingerprint density at radius 3 is 2.34 bits per heavy atom. The molecule has 1 amide bonds. The van der Waals surface area contributed by atoms with Crippen molar-refractivity contribution in [3.8, 4) is 21.7 Å². The molecule has 0 bridgehead atoms. The van der Waals surface area contributed by atoms with Crippen LogP contribution in [0.4, 0.5) is 5.13 Å². The van der Waals surface area contributed by atoms with Gasteiger partial charge in [-0.25, -0.2) is 4.98 Å². The minimum Gasteiger partial charge on any atom is -0.298 e. The molecular formula is C25H22N2OS. The zero-order chi connectivity index (χ0) is 20.4. The molecule has 4 heteroatoms. The smallest absolute Gasteiger partial charge is 0.257 e. The van der Waals surface area contributed by atoms with Crippen LogP contribution in [0.2, 0.25) is 0 Å². The first kappa shape index (κ1) is 19.1. The second-order valence-electron chi connectivity index (χ2n) is 7.19. The van der Waals surface area contributed by atoms with Gasteiger partial charge in [0, 0.05) is 11.1 Å². The molecule has 0 unspecified atom stereocenters. The van der Waals surface area contributed by atoms with Gasteiger partial charge in [0.25, 0.3) is 5.91 Å². The third kappa shape index (κ3) is 4.13. The number of thiazole rings is 1. The highest BCUT2D eigenvalue weighted by molar-refractivity contribution is 7.19. The number of nitrogens with one attached hydrogen (secondary N) is 1. The minimum absolute atomic E-state index is 0.145. The first-order chi connectivity index (χ1) is 14.0. The van der Waals surface area contributed by atoms with Gasteiger partial charge in [0.05, 0.1) is 10.6 Å². The van der Waals surface area contributed by atoms with Gasteiger partial charge in [0.2, 0.25) is 0 Å². The maximum Gasteiger partial charge on any atom is 0.257 e. The van der Waals surface area contributed by atoms with E-state index in [-0.39, 0.29) is 5.91 Å². The van der Waals surface area contributed by atoms with Crippen LogP contribution in [0.25, 0.3) is 21.7 Å². The van der Waals surface area contributed by atoms with Crippen molar-refractivity contribution in [2.75, 3.05) is 5.32 Å². The number of benzene rings is 3. The average Bonchev–Trinajstić information content (AvgIpc) is 3.14. The van der Waals surface area contributed by atoms with Gasteiger partial charge in [-0.3, -0.25) is 10.1 Å². The maximum absolute atomic E-state index is 12.7. The van der Waals surface area contributed by atoms with Gasteiger partial charge in [0.15, 0.2) is 5.13 Å². The second-order valence-corrected chi connectivity index (χ2v) is 8.18. The Hall–Kier alpha value is -3.24. The molecule has 29 heavy (non-hydrogen) atoms. The minimum atomic E-state index is -0.145. The van der Waals surface area contributed by atoms with Crippen LogP contribution in [0, 0.1) is 20.8 Å². The monoisotopic (exact) mass is 398 g/mol. The topological polar surface area (TPSA) is 42.0 Å². The summed E-state index contributed by atoms with van der Waals surface area (Å²) in [6.07, 6.45) is 0. The number of carbonyl (C=O) groups excluding carboxylic acids is 1. The van der Waals surface area contributed by atoms with E-state index in [2.05, 4.69) is 37.4 Å². The van der Waals surface area contributed by atoms with Crippen molar-refractivity contribution in [2.24, 2.45) is 0 Å². The molecule has 3 aromatic carbocycles. The first-order valence-electron chi connectivity index (χ1n) is 9.53. The highest BCUT2D eigenvalue weighted by Crippen LogP contribution is 2.39. The Bertz CT molecular complexity index is 1180. The molecule has 0 atom stereocenters. The van der Waals surface area contributed by atoms with E-state index in [4.69, 9.17) is 4.98 Å². The van der Waals surface area contributed by atoms with E-state index >= 15 is 0 Å². The van der Waals surface area contributed by atoms with Crippen LogP contribution in [0.1, 0.15) is 27.0 Å². The van der Waals surface area contributed by atoms with Gasteiger partial charge < -0.3 is 0 Å². The molecular weight excluding hydrogens is 376 g/mol. The van der Waals surface area contributed by atoms with E-state index in [9.17, 15) is 4.79 Å². The largest absolute Gasteiger partial charge is 0.298 e. The second kappa shape index (κ2) is 8.02. The van der Waals surface area contributed by atoms with Crippen molar-refractivity contribution in [2.45, 2.75) is 20.8 Å². The molecule has 1 N–H and O–H groups in total. The highest BCUT2D eigenvalue weighted by Gasteiger charge is 2.17. The van der Waals surface area contributed by atoms with Crippen LogP contribution in [0.15, 0.2) is 72.8 Å². The summed E-state index contributed by atoms with van der Waals surface area (Å²) in [6, 6.07) is 24.1. The normalized spacial score (nSPS) is 10.7. The summed E-state index contributed by atoms with van der Waals surface area (Å²) < 4.78 is 0. The maximum atomic E-state index is 12.7. The van der Waals surface area contributed by atoms with Crippen molar-refractivity contribution in [1.29, 1.82) is 0 Å². The molecule has 0 saturated heterocycles. The lowest BCUT2D eigenvalue weighted by Crippen LogP contribution is -2.11. The third-order valence-corrected chi connectivity index (χ3v) is 5.96. The van der Waals surface area contributed by atoms with Gasteiger partial charge in [-0.2, -0.15) is 0 Å². The summed E-state index contributed by atoms with van der Waals surface area (Å²) in [7, 11) is 0. The van der Waals surface area contributed by atoms with Crippen molar-refractivity contribution in [3.05, 3.63) is 95.1 Å². The number of amides is 1. The summed E-state index contributed by atoms with van der Waals surface area (Å²) in [5, 5.41) is 3.58. The lowest BCUT2D eigenvalue weighted by Gasteiger charge is -2.05. The fourth-order valence-electron chi connectivity index (χ4n) is 3.20.